The summed E-state index contributed by atoms with van der Waals surface area (Å²) in [6.45, 7) is -0.787. The fourth-order valence-corrected chi connectivity index (χ4v) is 2.79. The van der Waals surface area contributed by atoms with Crippen LogP contribution in [0.1, 0.15) is 11.1 Å². The summed E-state index contributed by atoms with van der Waals surface area (Å²) in [6, 6.07) is 6.70. The Kier molecular flexibility index (Phi) is 8.72. The number of aliphatic hydroxyl groups is 1. The molecule has 0 bridgehead atoms. The van der Waals surface area contributed by atoms with Crippen LogP contribution in [0.3, 0.4) is 0 Å². The SMILES string of the molecule is N[C@H](Cc1ccc(Cl)cc1)C(=O)N[C@H](Cc1cccnc1)C(=O)N[C@@H](CO)C(=O)O. The molecule has 0 radical (unpaired) electrons. The van der Waals surface area contributed by atoms with Gasteiger partial charge < -0.3 is 26.6 Å². The normalized spacial score (nSPS) is 13.7. The van der Waals surface area contributed by atoms with Gasteiger partial charge in [-0.25, -0.2) is 4.79 Å². The number of nitrogens with zero attached hydrogens (tertiary/aromatic N) is 1. The lowest BCUT2D eigenvalue weighted by atomic mass is 10.0. The third-order valence-corrected chi connectivity index (χ3v) is 4.55. The lowest BCUT2D eigenvalue weighted by Crippen LogP contribution is -2.56. The molecule has 1 aromatic heterocycles. The molecule has 160 valence electrons. The minimum atomic E-state index is -1.49. The Balaban J connectivity index is 2.10. The van der Waals surface area contributed by atoms with E-state index in [9.17, 15) is 14.4 Å². The highest BCUT2D eigenvalue weighted by Gasteiger charge is 2.28. The van der Waals surface area contributed by atoms with E-state index in [4.69, 9.17) is 27.5 Å². The van der Waals surface area contributed by atoms with Crippen LogP contribution >= 0.6 is 11.6 Å². The second kappa shape index (κ2) is 11.2. The van der Waals surface area contributed by atoms with Crippen LogP contribution < -0.4 is 16.4 Å². The number of nitrogens with one attached hydrogen (secondary N) is 2. The van der Waals surface area contributed by atoms with Crippen LogP contribution in [0, 0.1) is 0 Å². The third-order valence-electron chi connectivity index (χ3n) is 4.30. The van der Waals surface area contributed by atoms with Crippen molar-refractivity contribution in [1.29, 1.82) is 0 Å². The summed E-state index contributed by atoms with van der Waals surface area (Å²) in [6.07, 6.45) is 3.38. The van der Waals surface area contributed by atoms with E-state index in [0.717, 1.165) is 5.56 Å². The Hall–Kier alpha value is -3.01. The monoisotopic (exact) mass is 434 g/mol. The van der Waals surface area contributed by atoms with Crippen LogP contribution in [0.5, 0.6) is 0 Å². The van der Waals surface area contributed by atoms with Gasteiger partial charge in [-0.2, -0.15) is 0 Å². The maximum absolute atomic E-state index is 12.6. The maximum Gasteiger partial charge on any atom is 0.328 e. The van der Waals surface area contributed by atoms with Crippen molar-refractivity contribution >= 4 is 29.4 Å². The van der Waals surface area contributed by atoms with Gasteiger partial charge in [0.2, 0.25) is 11.8 Å². The number of rotatable bonds is 10. The molecule has 10 heteroatoms. The lowest BCUT2D eigenvalue weighted by Gasteiger charge is -2.22. The van der Waals surface area contributed by atoms with Gasteiger partial charge in [0.15, 0.2) is 0 Å². The van der Waals surface area contributed by atoms with Gasteiger partial charge in [0.25, 0.3) is 0 Å². The Morgan fingerprint density at radius 2 is 1.67 bits per heavy atom. The Bertz CT molecular complexity index is 863. The van der Waals surface area contributed by atoms with E-state index in [1.54, 1.807) is 42.6 Å². The molecule has 9 nitrogen and oxygen atoms in total. The molecule has 2 aromatic rings. The number of carbonyl (C=O) groups is 3. The van der Waals surface area contributed by atoms with Gasteiger partial charge in [-0.15, -0.1) is 0 Å². The van der Waals surface area contributed by atoms with E-state index in [2.05, 4.69) is 15.6 Å². The molecule has 1 aromatic carbocycles. The van der Waals surface area contributed by atoms with Crippen molar-refractivity contribution in [1.82, 2.24) is 15.6 Å². The molecule has 6 N–H and O–H groups in total. The van der Waals surface area contributed by atoms with Crippen LogP contribution in [0.4, 0.5) is 0 Å². The van der Waals surface area contributed by atoms with Gasteiger partial charge in [0.1, 0.15) is 12.1 Å². The average Bonchev–Trinajstić information content (AvgIpc) is 2.73. The van der Waals surface area contributed by atoms with Crippen molar-refractivity contribution in [3.63, 3.8) is 0 Å². The Labute approximate surface area is 178 Å². The zero-order valence-electron chi connectivity index (χ0n) is 16.0. The van der Waals surface area contributed by atoms with Gasteiger partial charge in [0.05, 0.1) is 12.6 Å². The molecule has 0 spiro atoms. The van der Waals surface area contributed by atoms with E-state index >= 15 is 0 Å². The summed E-state index contributed by atoms with van der Waals surface area (Å²) < 4.78 is 0. The number of carbonyl (C=O) groups excluding carboxylic acids is 2. The number of pyridine rings is 1. The number of halogens is 1. The van der Waals surface area contributed by atoms with Crippen molar-refractivity contribution in [3.8, 4) is 0 Å². The van der Waals surface area contributed by atoms with Crippen LogP contribution in [0.25, 0.3) is 0 Å². The van der Waals surface area contributed by atoms with Crippen LogP contribution in [0.2, 0.25) is 5.02 Å². The first-order valence-corrected chi connectivity index (χ1v) is 9.51. The van der Waals surface area contributed by atoms with Crippen molar-refractivity contribution in [2.24, 2.45) is 5.73 Å². The summed E-state index contributed by atoms with van der Waals surface area (Å²) in [4.78, 5) is 40.3. The number of nitrogens with two attached hydrogens (primary N) is 1. The number of carboxylic acid groups (broad SMARTS) is 1. The quantitative estimate of drug-likeness (QED) is 0.349. The first-order chi connectivity index (χ1) is 14.3. The van der Waals surface area contributed by atoms with Crippen molar-refractivity contribution in [2.45, 2.75) is 31.0 Å². The van der Waals surface area contributed by atoms with Gasteiger partial charge >= 0.3 is 5.97 Å². The number of amides is 2. The zero-order valence-corrected chi connectivity index (χ0v) is 16.7. The third kappa shape index (κ3) is 7.11. The van der Waals surface area contributed by atoms with Gasteiger partial charge in [0, 0.05) is 23.8 Å². The molecule has 2 amide bonds. The molecule has 2 rings (SSSR count). The minimum Gasteiger partial charge on any atom is -0.480 e. The Morgan fingerprint density at radius 1 is 1.00 bits per heavy atom. The molecule has 0 aliphatic heterocycles. The predicted octanol–water partition coefficient (Wildman–Crippen LogP) is -0.106. The molecule has 0 fully saturated rings. The second-order valence-electron chi connectivity index (χ2n) is 6.65. The summed E-state index contributed by atoms with van der Waals surface area (Å²) in [5.74, 6) is -2.73. The number of carboxylic acids is 1. The van der Waals surface area contributed by atoms with Gasteiger partial charge in [-0.3, -0.25) is 14.6 Å². The number of aliphatic carboxylic acids is 1. The summed E-state index contributed by atoms with van der Waals surface area (Å²) in [5.41, 5.74) is 7.43. The van der Waals surface area contributed by atoms with Crippen LogP contribution in [0.15, 0.2) is 48.8 Å². The lowest BCUT2D eigenvalue weighted by molar-refractivity contribution is -0.143. The minimum absolute atomic E-state index is 0.0663. The molecule has 0 unspecified atom stereocenters. The maximum atomic E-state index is 12.6. The Morgan fingerprint density at radius 3 is 2.23 bits per heavy atom. The summed E-state index contributed by atoms with van der Waals surface area (Å²) >= 11 is 5.85. The molecule has 30 heavy (non-hydrogen) atoms. The molecule has 0 saturated heterocycles. The summed E-state index contributed by atoms with van der Waals surface area (Å²) in [7, 11) is 0. The van der Waals surface area contributed by atoms with E-state index < -0.39 is 42.5 Å². The van der Waals surface area contributed by atoms with Crippen LogP contribution in [-0.2, 0) is 27.2 Å². The largest absolute Gasteiger partial charge is 0.480 e. The molecule has 3 atom stereocenters. The molecule has 0 saturated carbocycles. The molecule has 0 aliphatic carbocycles. The highest BCUT2D eigenvalue weighted by molar-refractivity contribution is 6.30. The van der Waals surface area contributed by atoms with Crippen molar-refractivity contribution in [3.05, 3.63) is 64.9 Å². The number of benzene rings is 1. The molecule has 1 heterocycles. The van der Waals surface area contributed by atoms with E-state index in [0.29, 0.717) is 10.6 Å². The van der Waals surface area contributed by atoms with Gasteiger partial charge in [-0.05, 0) is 35.7 Å². The topological polar surface area (TPSA) is 155 Å². The number of aliphatic hydroxyl groups excluding tert-OH is 1. The molecule has 0 aliphatic rings. The second-order valence-corrected chi connectivity index (χ2v) is 7.08. The number of hydrogen-bond acceptors (Lipinski definition) is 6. The van der Waals surface area contributed by atoms with Crippen molar-refractivity contribution in [2.75, 3.05) is 6.61 Å². The number of aromatic nitrogens is 1. The fraction of sp³-hybridized carbons (Fsp3) is 0.300. The molecular weight excluding hydrogens is 412 g/mol. The molecular formula is C20H23ClN4O5. The fourth-order valence-electron chi connectivity index (χ4n) is 2.67. The first kappa shape index (κ1) is 23.3. The summed E-state index contributed by atoms with van der Waals surface area (Å²) in [5, 5.41) is 23.5. The predicted molar refractivity (Wildman–Crippen MR) is 110 cm³/mol. The highest BCUT2D eigenvalue weighted by atomic mass is 35.5. The van der Waals surface area contributed by atoms with Crippen molar-refractivity contribution < 1.29 is 24.6 Å². The van der Waals surface area contributed by atoms with Crippen LogP contribution in [-0.4, -0.2) is 57.7 Å². The first-order valence-electron chi connectivity index (χ1n) is 9.13. The van der Waals surface area contributed by atoms with E-state index in [1.165, 1.54) is 6.20 Å². The zero-order chi connectivity index (χ0) is 22.1. The van der Waals surface area contributed by atoms with Gasteiger partial charge in [-0.1, -0.05) is 29.8 Å². The number of hydrogen-bond donors (Lipinski definition) is 5. The highest BCUT2D eigenvalue weighted by Crippen LogP contribution is 2.11. The average molecular weight is 435 g/mol. The van der Waals surface area contributed by atoms with E-state index in [1.807, 2.05) is 0 Å². The van der Waals surface area contributed by atoms with E-state index in [-0.39, 0.29) is 12.8 Å². The smallest absolute Gasteiger partial charge is 0.328 e. The standard InChI is InChI=1S/C20H23ClN4O5/c21-14-5-3-12(4-6-14)8-15(22)18(27)24-16(9-13-2-1-7-23-10-13)19(28)25-17(11-26)20(29)30/h1-7,10,15-17,26H,8-9,11,22H2,(H,24,27)(H,25,28)(H,29,30)/t15-,16-,17+/m1/s1.